The Morgan fingerprint density at radius 1 is 1.00 bits per heavy atom. The maximum atomic E-state index is 14.2. The fourth-order valence-electron chi connectivity index (χ4n) is 2.78. The van der Waals surface area contributed by atoms with Crippen molar-refractivity contribution in [3.8, 4) is 22.5 Å². The van der Waals surface area contributed by atoms with Gasteiger partial charge >= 0.3 is 6.18 Å². The van der Waals surface area contributed by atoms with E-state index >= 15 is 0 Å². The Morgan fingerprint density at radius 2 is 1.59 bits per heavy atom. The number of rotatable bonds is 3. The van der Waals surface area contributed by atoms with E-state index in [0.717, 1.165) is 16.9 Å². The lowest BCUT2D eigenvalue weighted by atomic mass is 10.0. The molecule has 0 aliphatic rings. The summed E-state index contributed by atoms with van der Waals surface area (Å²) in [6, 6.07) is 10.7. The van der Waals surface area contributed by atoms with Crippen LogP contribution in [-0.2, 0) is 23.1 Å². The summed E-state index contributed by atoms with van der Waals surface area (Å²) in [6.45, 7) is 0. The van der Waals surface area contributed by atoms with Crippen LogP contribution in [0.1, 0.15) is 5.82 Å². The fraction of sp³-hybridized carbons (Fsp3) is 0.167. The van der Waals surface area contributed by atoms with Gasteiger partial charge in [0.1, 0.15) is 5.82 Å². The predicted molar refractivity (Wildman–Crippen MR) is 92.1 cm³/mol. The summed E-state index contributed by atoms with van der Waals surface area (Å²) in [4.78, 5) is 3.66. The number of halogens is 4. The number of imidazole rings is 1. The lowest BCUT2D eigenvalue weighted by Crippen LogP contribution is -2.13. The molecule has 1 aromatic heterocycles. The summed E-state index contributed by atoms with van der Waals surface area (Å²) in [7, 11) is -2.28. The van der Waals surface area contributed by atoms with E-state index in [4.69, 9.17) is 0 Å². The molecule has 1 heterocycles. The van der Waals surface area contributed by atoms with Crippen LogP contribution in [0.3, 0.4) is 0 Å². The van der Waals surface area contributed by atoms with Crippen molar-refractivity contribution < 1.29 is 26.0 Å². The normalized spacial score (nSPS) is 12.4. The van der Waals surface area contributed by atoms with Crippen LogP contribution < -0.4 is 0 Å². The third-order valence-corrected chi connectivity index (χ3v) is 5.16. The zero-order valence-electron chi connectivity index (χ0n) is 14.2. The first-order valence-corrected chi connectivity index (χ1v) is 9.58. The first kappa shape index (κ1) is 19.1. The predicted octanol–water partition coefficient (Wildman–Crippen LogP) is 4.32. The van der Waals surface area contributed by atoms with Gasteiger partial charge in [-0.15, -0.1) is 0 Å². The molecule has 4 nitrogen and oxygen atoms in total. The van der Waals surface area contributed by atoms with Gasteiger partial charge in [0, 0.05) is 24.4 Å². The minimum Gasteiger partial charge on any atom is -0.323 e. The van der Waals surface area contributed by atoms with Gasteiger partial charge in [-0.25, -0.2) is 17.8 Å². The minimum absolute atomic E-state index is 0.0249. The van der Waals surface area contributed by atoms with E-state index in [1.54, 1.807) is 0 Å². The van der Waals surface area contributed by atoms with Gasteiger partial charge in [0.25, 0.3) is 0 Å². The number of benzene rings is 2. The van der Waals surface area contributed by atoms with Crippen LogP contribution in [0.5, 0.6) is 0 Å². The molecule has 0 saturated heterocycles. The van der Waals surface area contributed by atoms with Crippen LogP contribution in [0, 0.1) is 5.82 Å². The third kappa shape index (κ3) is 3.59. The number of aromatic nitrogens is 2. The average Bonchev–Trinajstić information content (AvgIpc) is 2.92. The summed E-state index contributed by atoms with van der Waals surface area (Å²) in [5.41, 5.74) is 0.0689. The highest BCUT2D eigenvalue weighted by molar-refractivity contribution is 7.90. The van der Waals surface area contributed by atoms with Crippen LogP contribution in [0.25, 0.3) is 22.5 Å². The van der Waals surface area contributed by atoms with Gasteiger partial charge < -0.3 is 4.57 Å². The van der Waals surface area contributed by atoms with Gasteiger partial charge in [-0.3, -0.25) is 0 Å². The molecule has 0 aliphatic carbocycles. The summed E-state index contributed by atoms with van der Waals surface area (Å²) in [5, 5.41) is 0. The van der Waals surface area contributed by atoms with Crippen molar-refractivity contribution in [3.05, 3.63) is 60.2 Å². The van der Waals surface area contributed by atoms with Gasteiger partial charge in [0.05, 0.1) is 16.3 Å². The smallest absolute Gasteiger partial charge is 0.323 e. The molecule has 142 valence electrons. The fourth-order valence-corrected chi connectivity index (χ4v) is 3.41. The Labute approximate surface area is 153 Å². The van der Waals surface area contributed by atoms with Crippen LogP contribution >= 0.6 is 0 Å². The zero-order chi connectivity index (χ0) is 20.0. The van der Waals surface area contributed by atoms with Crippen molar-refractivity contribution in [2.75, 3.05) is 6.26 Å². The Hall–Kier alpha value is -2.68. The highest BCUT2D eigenvalue weighted by Crippen LogP contribution is 2.38. The first-order chi connectivity index (χ1) is 12.5. The highest BCUT2D eigenvalue weighted by atomic mass is 32.2. The number of alkyl halides is 3. The molecule has 0 N–H and O–H groups in total. The summed E-state index contributed by atoms with van der Waals surface area (Å²) < 4.78 is 78.3. The van der Waals surface area contributed by atoms with E-state index in [0.29, 0.717) is 0 Å². The highest BCUT2D eigenvalue weighted by Gasteiger charge is 2.38. The molecule has 0 atom stereocenters. The monoisotopic (exact) mass is 398 g/mol. The van der Waals surface area contributed by atoms with E-state index in [-0.39, 0.29) is 27.4 Å². The standard InChI is InChI=1S/C18H14F4N2O2S/c1-24-16(11-7-9-12(10-8-11)27(2,25)26)15(23-17(24)18(20,21)22)13-5-3-4-6-14(13)19/h3-10H,1-2H3. The average molecular weight is 398 g/mol. The molecule has 0 saturated carbocycles. The molecule has 0 radical (unpaired) electrons. The molecular weight excluding hydrogens is 384 g/mol. The molecule has 3 aromatic rings. The Bertz CT molecular complexity index is 1100. The van der Waals surface area contributed by atoms with Gasteiger partial charge in [-0.2, -0.15) is 13.2 Å². The van der Waals surface area contributed by atoms with Crippen LogP contribution in [-0.4, -0.2) is 24.2 Å². The lowest BCUT2D eigenvalue weighted by molar-refractivity contribution is -0.146. The van der Waals surface area contributed by atoms with Crippen LogP contribution in [0.4, 0.5) is 17.6 Å². The Balaban J connectivity index is 2.28. The topological polar surface area (TPSA) is 52.0 Å². The van der Waals surface area contributed by atoms with E-state index in [2.05, 4.69) is 4.98 Å². The summed E-state index contributed by atoms with van der Waals surface area (Å²) >= 11 is 0. The lowest BCUT2D eigenvalue weighted by Gasteiger charge is -2.10. The second kappa shape index (κ2) is 6.49. The van der Waals surface area contributed by atoms with E-state index in [9.17, 15) is 26.0 Å². The van der Waals surface area contributed by atoms with Gasteiger partial charge in [-0.1, -0.05) is 24.3 Å². The molecular formula is C18H14F4N2O2S. The van der Waals surface area contributed by atoms with E-state index < -0.39 is 27.7 Å². The second-order valence-electron chi connectivity index (χ2n) is 5.97. The molecule has 0 aliphatic heterocycles. The quantitative estimate of drug-likeness (QED) is 0.618. The van der Waals surface area contributed by atoms with Crippen molar-refractivity contribution in [3.63, 3.8) is 0 Å². The molecule has 0 unspecified atom stereocenters. The Morgan fingerprint density at radius 3 is 2.11 bits per heavy atom. The Kier molecular flexibility index (Phi) is 4.59. The van der Waals surface area contributed by atoms with Crippen LogP contribution in [0.15, 0.2) is 53.4 Å². The van der Waals surface area contributed by atoms with Crippen molar-refractivity contribution in [1.82, 2.24) is 9.55 Å². The minimum atomic E-state index is -4.74. The third-order valence-electron chi connectivity index (χ3n) is 4.03. The van der Waals surface area contributed by atoms with Crippen molar-refractivity contribution >= 4 is 9.84 Å². The van der Waals surface area contributed by atoms with Gasteiger partial charge in [0.2, 0.25) is 5.82 Å². The van der Waals surface area contributed by atoms with E-state index in [1.807, 2.05) is 0 Å². The second-order valence-corrected chi connectivity index (χ2v) is 7.98. The largest absolute Gasteiger partial charge is 0.449 e. The van der Waals surface area contributed by atoms with Crippen molar-refractivity contribution in [1.29, 1.82) is 0 Å². The molecule has 0 fully saturated rings. The van der Waals surface area contributed by atoms with Gasteiger partial charge in [0.15, 0.2) is 9.84 Å². The number of hydrogen-bond donors (Lipinski definition) is 0. The van der Waals surface area contributed by atoms with Crippen molar-refractivity contribution in [2.45, 2.75) is 11.1 Å². The molecule has 0 bridgehead atoms. The SMILES string of the molecule is Cn1c(C(F)(F)F)nc(-c2ccccc2F)c1-c1ccc(S(C)(=O)=O)cc1. The summed E-state index contributed by atoms with van der Waals surface area (Å²) in [6.07, 6.45) is -3.71. The molecule has 2 aromatic carbocycles. The van der Waals surface area contributed by atoms with Gasteiger partial charge in [-0.05, 0) is 24.3 Å². The maximum Gasteiger partial charge on any atom is 0.449 e. The molecule has 27 heavy (non-hydrogen) atoms. The number of sulfone groups is 1. The van der Waals surface area contributed by atoms with Crippen molar-refractivity contribution in [2.24, 2.45) is 7.05 Å². The van der Waals surface area contributed by atoms with E-state index in [1.165, 1.54) is 49.5 Å². The summed E-state index contributed by atoms with van der Waals surface area (Å²) in [5.74, 6) is -1.89. The maximum absolute atomic E-state index is 14.2. The first-order valence-electron chi connectivity index (χ1n) is 7.69. The molecule has 3 rings (SSSR count). The zero-order valence-corrected chi connectivity index (χ0v) is 15.1. The number of hydrogen-bond acceptors (Lipinski definition) is 3. The van der Waals surface area contributed by atoms with Crippen LogP contribution in [0.2, 0.25) is 0 Å². The molecule has 0 spiro atoms. The molecule has 0 amide bonds. The molecule has 9 heteroatoms. The number of nitrogens with zero attached hydrogens (tertiary/aromatic N) is 2.